The van der Waals surface area contributed by atoms with Gasteiger partial charge in [0.15, 0.2) is 0 Å². The first kappa shape index (κ1) is 14.5. The third kappa shape index (κ3) is 2.93. The highest BCUT2D eigenvalue weighted by atomic mass is 16.2. The van der Waals surface area contributed by atoms with E-state index >= 15 is 0 Å². The molecular weight excluding hydrogens is 282 g/mol. The number of nitrogens with one attached hydrogen (secondary N) is 1. The van der Waals surface area contributed by atoms with E-state index in [1.165, 1.54) is 6.20 Å². The molecule has 1 unspecified atom stereocenters. The molecule has 1 saturated heterocycles. The minimum atomic E-state index is -0.342. The van der Waals surface area contributed by atoms with Crippen LogP contribution in [0.25, 0.3) is 0 Å². The van der Waals surface area contributed by atoms with Gasteiger partial charge in [-0.25, -0.2) is 9.78 Å². The third-order valence-electron chi connectivity index (χ3n) is 4.05. The zero-order chi connectivity index (χ0) is 15.5. The number of aromatic nitrogens is 4. The molecule has 2 aromatic heterocycles. The molecule has 7 heteroatoms. The Bertz CT molecular complexity index is 720. The predicted octanol–water partition coefficient (Wildman–Crippen LogP) is 1.01. The Morgan fingerprint density at radius 3 is 3.09 bits per heavy atom. The van der Waals surface area contributed by atoms with Crippen molar-refractivity contribution in [2.75, 3.05) is 13.1 Å². The number of carbonyl (C=O) groups excluding carboxylic acids is 1. The largest absolute Gasteiger partial charge is 0.345 e. The summed E-state index contributed by atoms with van der Waals surface area (Å²) in [5, 5.41) is 4.15. The number of aromatic amines is 1. The maximum Gasteiger partial charge on any atom is 0.345 e. The summed E-state index contributed by atoms with van der Waals surface area (Å²) in [6, 6.07) is 1.81. The molecule has 0 saturated carbocycles. The summed E-state index contributed by atoms with van der Waals surface area (Å²) < 4.78 is 1.75. The standard InChI is InChI=1S/C15H19N5O2/c1-2-20-10-12(8-17-20)14(21)19-7-3-4-11(9-19)13-5-6-16-15(22)18-13/h5-6,8,10-11H,2-4,7,9H2,1H3,(H,16,18,22). The lowest BCUT2D eigenvalue weighted by Crippen LogP contribution is -2.39. The quantitative estimate of drug-likeness (QED) is 0.917. The van der Waals surface area contributed by atoms with E-state index in [0.29, 0.717) is 12.1 Å². The smallest absolute Gasteiger partial charge is 0.338 e. The highest BCUT2D eigenvalue weighted by Gasteiger charge is 2.26. The zero-order valence-electron chi connectivity index (χ0n) is 12.5. The molecule has 1 N–H and O–H groups in total. The van der Waals surface area contributed by atoms with Crippen LogP contribution in [0.4, 0.5) is 0 Å². The molecule has 2 aromatic rings. The summed E-state index contributed by atoms with van der Waals surface area (Å²) in [6.07, 6.45) is 6.78. The lowest BCUT2D eigenvalue weighted by molar-refractivity contribution is 0.0705. The van der Waals surface area contributed by atoms with Crippen molar-refractivity contribution in [1.29, 1.82) is 0 Å². The van der Waals surface area contributed by atoms with Crippen molar-refractivity contribution < 1.29 is 4.79 Å². The SMILES string of the molecule is CCn1cc(C(=O)N2CCCC(c3ccnc(=O)[nH]3)C2)cn1. The molecule has 0 bridgehead atoms. The first-order chi connectivity index (χ1) is 10.7. The molecule has 7 nitrogen and oxygen atoms in total. The van der Waals surface area contributed by atoms with Crippen LogP contribution in [0.5, 0.6) is 0 Å². The third-order valence-corrected chi connectivity index (χ3v) is 4.05. The van der Waals surface area contributed by atoms with E-state index in [1.807, 2.05) is 17.9 Å². The highest BCUT2D eigenvalue weighted by Crippen LogP contribution is 2.25. The van der Waals surface area contributed by atoms with Crippen molar-refractivity contribution in [3.05, 3.63) is 46.4 Å². The Morgan fingerprint density at radius 1 is 1.50 bits per heavy atom. The van der Waals surface area contributed by atoms with Gasteiger partial charge in [0.2, 0.25) is 0 Å². The van der Waals surface area contributed by atoms with Gasteiger partial charge in [0.1, 0.15) is 0 Å². The number of likely N-dealkylation sites (tertiary alicyclic amines) is 1. The molecule has 0 aromatic carbocycles. The van der Waals surface area contributed by atoms with Crippen LogP contribution in [0, 0.1) is 0 Å². The maximum absolute atomic E-state index is 12.6. The van der Waals surface area contributed by atoms with Gasteiger partial charge in [-0.3, -0.25) is 9.48 Å². The summed E-state index contributed by atoms with van der Waals surface area (Å²) in [5.41, 5.74) is 1.12. The second-order valence-electron chi connectivity index (χ2n) is 5.51. The van der Waals surface area contributed by atoms with Gasteiger partial charge in [-0.05, 0) is 25.8 Å². The van der Waals surface area contributed by atoms with Crippen molar-refractivity contribution in [3.63, 3.8) is 0 Å². The first-order valence-electron chi connectivity index (χ1n) is 7.54. The van der Waals surface area contributed by atoms with Gasteiger partial charge in [0.25, 0.3) is 5.91 Å². The molecule has 0 aliphatic carbocycles. The number of amides is 1. The topological polar surface area (TPSA) is 83.9 Å². The maximum atomic E-state index is 12.6. The van der Waals surface area contributed by atoms with Crippen molar-refractivity contribution >= 4 is 5.91 Å². The van der Waals surface area contributed by atoms with E-state index in [1.54, 1.807) is 17.1 Å². The first-order valence-corrected chi connectivity index (χ1v) is 7.54. The average Bonchev–Trinajstić information content (AvgIpc) is 3.03. The number of rotatable bonds is 3. The summed E-state index contributed by atoms with van der Waals surface area (Å²) in [6.45, 7) is 4.07. The summed E-state index contributed by atoms with van der Waals surface area (Å²) in [7, 11) is 0. The van der Waals surface area contributed by atoms with Crippen LogP contribution in [-0.2, 0) is 6.54 Å². The van der Waals surface area contributed by atoms with Crippen LogP contribution < -0.4 is 5.69 Å². The van der Waals surface area contributed by atoms with E-state index in [-0.39, 0.29) is 17.5 Å². The van der Waals surface area contributed by atoms with Gasteiger partial charge < -0.3 is 9.88 Å². The van der Waals surface area contributed by atoms with Crippen molar-refractivity contribution in [1.82, 2.24) is 24.6 Å². The normalized spacial score (nSPS) is 18.4. The molecule has 1 aliphatic rings. The Balaban J connectivity index is 1.75. The molecule has 1 aliphatic heterocycles. The molecule has 0 radical (unpaired) electrons. The number of hydrogen-bond donors (Lipinski definition) is 1. The van der Waals surface area contributed by atoms with Gasteiger partial charge >= 0.3 is 5.69 Å². The molecule has 22 heavy (non-hydrogen) atoms. The molecule has 116 valence electrons. The van der Waals surface area contributed by atoms with Crippen LogP contribution in [0.1, 0.15) is 41.7 Å². The Hall–Kier alpha value is -2.44. The minimum absolute atomic E-state index is 0.000744. The van der Waals surface area contributed by atoms with E-state index in [0.717, 1.165) is 31.6 Å². The Kier molecular flexibility index (Phi) is 4.04. The molecular formula is C15H19N5O2. The van der Waals surface area contributed by atoms with Crippen LogP contribution in [0.3, 0.4) is 0 Å². The molecule has 3 rings (SSSR count). The monoisotopic (exact) mass is 301 g/mol. The fourth-order valence-electron chi connectivity index (χ4n) is 2.87. The van der Waals surface area contributed by atoms with Crippen molar-refractivity contribution in [3.8, 4) is 0 Å². The van der Waals surface area contributed by atoms with Gasteiger partial charge in [-0.15, -0.1) is 0 Å². The number of piperidine rings is 1. The Morgan fingerprint density at radius 2 is 2.36 bits per heavy atom. The average molecular weight is 301 g/mol. The van der Waals surface area contributed by atoms with Gasteiger partial charge in [0, 0.05) is 43.6 Å². The van der Waals surface area contributed by atoms with E-state index in [9.17, 15) is 9.59 Å². The number of nitrogens with zero attached hydrogens (tertiary/aromatic N) is 4. The Labute approximate surface area is 128 Å². The molecule has 1 fully saturated rings. The fraction of sp³-hybridized carbons (Fsp3) is 0.467. The molecule has 1 atom stereocenters. The zero-order valence-corrected chi connectivity index (χ0v) is 12.5. The van der Waals surface area contributed by atoms with E-state index in [2.05, 4.69) is 15.1 Å². The van der Waals surface area contributed by atoms with Crippen LogP contribution in [0.15, 0.2) is 29.5 Å². The van der Waals surface area contributed by atoms with Crippen LogP contribution in [-0.4, -0.2) is 43.6 Å². The summed E-state index contributed by atoms with van der Waals surface area (Å²) in [4.78, 5) is 32.2. The van der Waals surface area contributed by atoms with Crippen LogP contribution >= 0.6 is 0 Å². The second kappa shape index (κ2) is 6.13. The number of carbonyl (C=O) groups is 1. The van der Waals surface area contributed by atoms with Crippen molar-refractivity contribution in [2.45, 2.75) is 32.2 Å². The number of hydrogen-bond acceptors (Lipinski definition) is 4. The second-order valence-corrected chi connectivity index (χ2v) is 5.51. The minimum Gasteiger partial charge on any atom is -0.338 e. The fourth-order valence-corrected chi connectivity index (χ4v) is 2.87. The molecule has 1 amide bonds. The van der Waals surface area contributed by atoms with Crippen molar-refractivity contribution in [2.24, 2.45) is 0 Å². The van der Waals surface area contributed by atoms with Crippen LogP contribution in [0.2, 0.25) is 0 Å². The number of aryl methyl sites for hydroxylation is 1. The highest BCUT2D eigenvalue weighted by molar-refractivity contribution is 5.93. The van der Waals surface area contributed by atoms with E-state index in [4.69, 9.17) is 0 Å². The summed E-state index contributed by atoms with van der Waals surface area (Å²) >= 11 is 0. The van der Waals surface area contributed by atoms with Gasteiger partial charge in [-0.1, -0.05) is 0 Å². The van der Waals surface area contributed by atoms with Gasteiger partial charge in [-0.2, -0.15) is 5.10 Å². The molecule has 0 spiro atoms. The lowest BCUT2D eigenvalue weighted by Gasteiger charge is -2.32. The molecule has 3 heterocycles. The lowest BCUT2D eigenvalue weighted by atomic mass is 9.94. The van der Waals surface area contributed by atoms with E-state index < -0.39 is 0 Å². The van der Waals surface area contributed by atoms with Gasteiger partial charge in [0.05, 0.1) is 11.8 Å². The summed E-state index contributed by atoms with van der Waals surface area (Å²) in [5.74, 6) is 0.149. The predicted molar refractivity (Wildman–Crippen MR) is 80.6 cm³/mol. The number of H-pyrrole nitrogens is 1.